The first-order valence-corrected chi connectivity index (χ1v) is 8.70. The number of amides is 1. The molecule has 3 aromatic heterocycles. The Hall–Kier alpha value is -3.97. The summed E-state index contributed by atoms with van der Waals surface area (Å²) in [4.78, 5) is 36.3. The lowest BCUT2D eigenvalue weighted by Gasteiger charge is -2.05. The Labute approximate surface area is 158 Å². The summed E-state index contributed by atoms with van der Waals surface area (Å²) in [6, 6.07) is 16.8. The number of hydrogen-bond acceptors (Lipinski definition) is 4. The van der Waals surface area contributed by atoms with Crippen molar-refractivity contribution < 1.29 is 9.59 Å². The molecule has 5 aromatic rings. The van der Waals surface area contributed by atoms with Gasteiger partial charge in [0.1, 0.15) is 11.4 Å². The van der Waals surface area contributed by atoms with Crippen LogP contribution in [0.4, 0.5) is 0 Å². The van der Waals surface area contributed by atoms with Crippen LogP contribution in [0.15, 0.2) is 60.8 Å². The van der Waals surface area contributed by atoms with Gasteiger partial charge >= 0.3 is 0 Å². The van der Waals surface area contributed by atoms with Crippen LogP contribution in [0.2, 0.25) is 0 Å². The zero-order valence-electron chi connectivity index (χ0n) is 14.6. The van der Waals surface area contributed by atoms with Crippen LogP contribution in [0.3, 0.4) is 0 Å². The molecule has 0 aliphatic carbocycles. The number of nitrogen functional groups attached to an aromatic ring is 1. The molecular formula is C21H15N5O2. The number of nitrogens with two attached hydrogens (primary N) is 1. The smallest absolute Gasteiger partial charge is 0.283 e. The van der Waals surface area contributed by atoms with Gasteiger partial charge < -0.3 is 9.97 Å². The van der Waals surface area contributed by atoms with Crippen LogP contribution in [-0.2, 0) is 0 Å². The normalized spacial score (nSPS) is 11.3. The maximum atomic E-state index is 13.4. The third kappa shape index (κ3) is 2.30. The summed E-state index contributed by atoms with van der Waals surface area (Å²) in [5, 5.41) is 2.44. The highest BCUT2D eigenvalue weighted by Gasteiger charge is 2.22. The van der Waals surface area contributed by atoms with E-state index in [1.807, 2.05) is 48.5 Å². The van der Waals surface area contributed by atoms with Gasteiger partial charge in [0.25, 0.3) is 5.91 Å². The lowest BCUT2D eigenvalue weighted by atomic mass is 10.0. The highest BCUT2D eigenvalue weighted by molar-refractivity contribution is 6.23. The molecule has 1 amide bonds. The van der Waals surface area contributed by atoms with E-state index in [4.69, 9.17) is 5.84 Å². The Balaban J connectivity index is 1.82. The number of aromatic amines is 2. The molecule has 0 saturated heterocycles. The van der Waals surface area contributed by atoms with Gasteiger partial charge in [-0.05, 0) is 18.2 Å². The van der Waals surface area contributed by atoms with Crippen molar-refractivity contribution in [2.45, 2.75) is 0 Å². The third-order valence-electron chi connectivity index (χ3n) is 4.91. The van der Waals surface area contributed by atoms with Crippen LogP contribution in [0, 0.1) is 0 Å². The Morgan fingerprint density at radius 2 is 1.64 bits per heavy atom. The van der Waals surface area contributed by atoms with Gasteiger partial charge in [-0.15, -0.1) is 0 Å². The van der Waals surface area contributed by atoms with E-state index in [9.17, 15) is 9.59 Å². The monoisotopic (exact) mass is 369 g/mol. The summed E-state index contributed by atoms with van der Waals surface area (Å²) in [5.41, 5.74) is 5.15. The Kier molecular flexibility index (Phi) is 3.50. The number of carbonyl (C=O) groups is 2. The fourth-order valence-corrected chi connectivity index (χ4v) is 3.59. The van der Waals surface area contributed by atoms with Crippen LogP contribution < -0.4 is 11.3 Å². The molecule has 0 aliphatic rings. The minimum atomic E-state index is -0.555. The number of H-pyrrole nitrogens is 2. The van der Waals surface area contributed by atoms with Crippen molar-refractivity contribution in [2.24, 2.45) is 5.84 Å². The number of rotatable bonds is 3. The SMILES string of the molecule is NNC(=O)c1cc2c([nH]c3ccccc32)c(C(=O)c2c[nH]c3ccccc23)n1. The van der Waals surface area contributed by atoms with Crippen molar-refractivity contribution in [1.29, 1.82) is 0 Å². The molecule has 0 fully saturated rings. The maximum Gasteiger partial charge on any atom is 0.283 e. The topological polar surface area (TPSA) is 117 Å². The number of benzene rings is 2. The van der Waals surface area contributed by atoms with Crippen LogP contribution in [0.5, 0.6) is 0 Å². The molecule has 2 aromatic carbocycles. The predicted octanol–water partition coefficient (Wildman–Crippen LogP) is 3.03. The predicted molar refractivity (Wildman–Crippen MR) is 107 cm³/mol. The van der Waals surface area contributed by atoms with E-state index >= 15 is 0 Å². The Bertz CT molecular complexity index is 1400. The molecule has 0 aliphatic heterocycles. The van der Waals surface area contributed by atoms with Crippen LogP contribution in [-0.4, -0.2) is 26.6 Å². The standard InChI is InChI=1S/C21H15N5O2/c22-26-21(28)17-9-13-11-5-2-4-8-16(11)24-18(13)19(25-17)20(27)14-10-23-15-7-3-1-6-12(14)15/h1-10,23-24H,22H2,(H,26,28). The second-order valence-electron chi connectivity index (χ2n) is 6.50. The molecule has 5 rings (SSSR count). The van der Waals surface area contributed by atoms with E-state index in [0.717, 1.165) is 27.2 Å². The van der Waals surface area contributed by atoms with Crippen molar-refractivity contribution in [1.82, 2.24) is 20.4 Å². The Morgan fingerprint density at radius 1 is 0.929 bits per heavy atom. The van der Waals surface area contributed by atoms with E-state index in [1.54, 1.807) is 12.3 Å². The molecule has 0 saturated carbocycles. The minimum Gasteiger partial charge on any atom is -0.360 e. The van der Waals surface area contributed by atoms with Gasteiger partial charge in [-0.1, -0.05) is 36.4 Å². The second kappa shape index (κ2) is 6.04. The van der Waals surface area contributed by atoms with Crippen molar-refractivity contribution >= 4 is 44.4 Å². The molecule has 28 heavy (non-hydrogen) atoms. The van der Waals surface area contributed by atoms with Crippen molar-refractivity contribution in [3.05, 3.63) is 77.7 Å². The molecule has 7 nitrogen and oxygen atoms in total. The van der Waals surface area contributed by atoms with Crippen LogP contribution >= 0.6 is 0 Å². The van der Waals surface area contributed by atoms with Gasteiger partial charge in [-0.2, -0.15) is 0 Å². The number of fused-ring (bicyclic) bond motifs is 4. The molecule has 0 spiro atoms. The van der Waals surface area contributed by atoms with Gasteiger partial charge in [-0.3, -0.25) is 15.0 Å². The molecule has 5 N–H and O–H groups in total. The molecule has 0 radical (unpaired) electrons. The molecule has 3 heterocycles. The van der Waals surface area contributed by atoms with E-state index in [-0.39, 0.29) is 17.2 Å². The summed E-state index contributed by atoms with van der Waals surface area (Å²) in [7, 11) is 0. The average molecular weight is 369 g/mol. The first kappa shape index (κ1) is 16.2. The number of pyridine rings is 1. The van der Waals surface area contributed by atoms with E-state index in [0.29, 0.717) is 11.1 Å². The summed E-state index contributed by atoms with van der Waals surface area (Å²) in [5.74, 6) is 4.46. The van der Waals surface area contributed by atoms with Gasteiger partial charge in [0.2, 0.25) is 5.78 Å². The maximum absolute atomic E-state index is 13.4. The molecule has 0 unspecified atom stereocenters. The van der Waals surface area contributed by atoms with Gasteiger partial charge in [0.15, 0.2) is 0 Å². The number of hydrazine groups is 1. The van der Waals surface area contributed by atoms with E-state index in [2.05, 4.69) is 20.4 Å². The first-order valence-electron chi connectivity index (χ1n) is 8.70. The molecule has 0 bridgehead atoms. The number of para-hydroxylation sites is 2. The van der Waals surface area contributed by atoms with Crippen molar-refractivity contribution in [3.8, 4) is 0 Å². The zero-order chi connectivity index (χ0) is 19.3. The third-order valence-corrected chi connectivity index (χ3v) is 4.91. The lowest BCUT2D eigenvalue weighted by Crippen LogP contribution is -2.31. The quantitative estimate of drug-likeness (QED) is 0.169. The number of aromatic nitrogens is 3. The lowest BCUT2D eigenvalue weighted by molar-refractivity contribution is 0.0948. The highest BCUT2D eigenvalue weighted by Crippen LogP contribution is 2.30. The fourth-order valence-electron chi connectivity index (χ4n) is 3.59. The van der Waals surface area contributed by atoms with Gasteiger partial charge in [0, 0.05) is 39.0 Å². The van der Waals surface area contributed by atoms with Crippen molar-refractivity contribution in [2.75, 3.05) is 0 Å². The second-order valence-corrected chi connectivity index (χ2v) is 6.50. The number of carbonyl (C=O) groups excluding carboxylic acids is 2. The first-order chi connectivity index (χ1) is 13.7. The number of hydrogen-bond donors (Lipinski definition) is 4. The number of ketones is 1. The minimum absolute atomic E-state index is 0.0861. The van der Waals surface area contributed by atoms with Crippen LogP contribution in [0.1, 0.15) is 26.5 Å². The number of nitrogens with one attached hydrogen (secondary N) is 3. The van der Waals surface area contributed by atoms with Crippen LogP contribution in [0.25, 0.3) is 32.7 Å². The average Bonchev–Trinajstić information content (AvgIpc) is 3.33. The number of nitrogens with zero attached hydrogens (tertiary/aromatic N) is 1. The van der Waals surface area contributed by atoms with Crippen molar-refractivity contribution in [3.63, 3.8) is 0 Å². The summed E-state index contributed by atoms with van der Waals surface area (Å²) in [6.07, 6.45) is 1.67. The summed E-state index contributed by atoms with van der Waals surface area (Å²) in [6.45, 7) is 0. The highest BCUT2D eigenvalue weighted by atomic mass is 16.2. The summed E-state index contributed by atoms with van der Waals surface area (Å²) < 4.78 is 0. The molecular weight excluding hydrogens is 354 g/mol. The van der Waals surface area contributed by atoms with Gasteiger partial charge in [-0.25, -0.2) is 10.8 Å². The zero-order valence-corrected chi connectivity index (χ0v) is 14.6. The molecule has 0 atom stereocenters. The van der Waals surface area contributed by atoms with E-state index < -0.39 is 5.91 Å². The van der Waals surface area contributed by atoms with Gasteiger partial charge in [0.05, 0.1) is 5.52 Å². The molecule has 7 heteroatoms. The summed E-state index contributed by atoms with van der Waals surface area (Å²) >= 11 is 0. The van der Waals surface area contributed by atoms with E-state index in [1.165, 1.54) is 0 Å². The Morgan fingerprint density at radius 3 is 2.43 bits per heavy atom. The fraction of sp³-hybridized carbons (Fsp3) is 0. The molecule has 136 valence electrons. The largest absolute Gasteiger partial charge is 0.360 e.